The number of nitrogens with zero attached hydrogens (tertiary/aromatic N) is 2. The predicted molar refractivity (Wildman–Crippen MR) is 75.8 cm³/mol. The van der Waals surface area contributed by atoms with E-state index in [1.807, 2.05) is 0 Å². The Morgan fingerprint density at radius 1 is 0.950 bits per heavy atom. The maximum absolute atomic E-state index is 12.6. The lowest BCUT2D eigenvalue weighted by Gasteiger charge is -2.54. The van der Waals surface area contributed by atoms with E-state index >= 15 is 0 Å². The first-order chi connectivity index (χ1) is 9.25. The maximum atomic E-state index is 12.6. The molecule has 0 saturated carbocycles. The minimum absolute atomic E-state index is 0.0926. The lowest BCUT2D eigenvalue weighted by atomic mass is 9.64. The molecular weight excluding hydrogens is 303 g/mol. The summed E-state index contributed by atoms with van der Waals surface area (Å²) >= 11 is 11.2. The van der Waals surface area contributed by atoms with Gasteiger partial charge in [0.1, 0.15) is 11.8 Å². The summed E-state index contributed by atoms with van der Waals surface area (Å²) < 4.78 is 0. The molecule has 112 valence electrons. The van der Waals surface area contributed by atoms with Crippen LogP contribution >= 0.6 is 23.2 Å². The van der Waals surface area contributed by atoms with Crippen molar-refractivity contribution in [1.29, 1.82) is 0 Å². The number of hydrogen-bond acceptors (Lipinski definition) is 3. The van der Waals surface area contributed by atoms with Crippen LogP contribution in [0.4, 0.5) is 0 Å². The molecular formula is C13H18Cl2N2O3. The van der Waals surface area contributed by atoms with Crippen LogP contribution in [0.15, 0.2) is 0 Å². The summed E-state index contributed by atoms with van der Waals surface area (Å²) in [5, 5.41) is 0. The lowest BCUT2D eigenvalue weighted by molar-refractivity contribution is -0.165. The lowest BCUT2D eigenvalue weighted by Crippen LogP contribution is -2.69. The van der Waals surface area contributed by atoms with Crippen molar-refractivity contribution in [3.63, 3.8) is 0 Å². The van der Waals surface area contributed by atoms with E-state index in [2.05, 4.69) is 0 Å². The number of alkyl halides is 2. The highest BCUT2D eigenvalue weighted by Gasteiger charge is 2.57. The fourth-order valence-corrected chi connectivity index (χ4v) is 3.77. The number of halogens is 2. The summed E-state index contributed by atoms with van der Waals surface area (Å²) in [6, 6.07) is 0. The highest BCUT2D eigenvalue weighted by atomic mass is 35.5. The number of Topliss-reactive ketones (excluding diaryl/α,β-unsaturated/α-hetero) is 1. The molecule has 0 aromatic carbocycles. The van der Waals surface area contributed by atoms with Crippen LogP contribution in [0, 0.1) is 10.8 Å². The summed E-state index contributed by atoms with van der Waals surface area (Å²) in [4.78, 5) is 39.6. The number of carbonyl (C=O) groups is 3. The number of ketones is 1. The zero-order valence-electron chi connectivity index (χ0n) is 11.6. The van der Waals surface area contributed by atoms with E-state index in [1.165, 1.54) is 0 Å². The highest BCUT2D eigenvalue weighted by Crippen LogP contribution is 2.42. The quantitative estimate of drug-likeness (QED) is 0.705. The summed E-state index contributed by atoms with van der Waals surface area (Å²) in [6.45, 7) is 4.82. The Hall–Kier alpha value is -0.810. The van der Waals surface area contributed by atoms with Crippen LogP contribution in [0.25, 0.3) is 0 Å². The largest absolute Gasteiger partial charge is 0.340 e. The Bertz CT molecular complexity index is 415. The summed E-state index contributed by atoms with van der Waals surface area (Å²) in [5.74, 6) is -0.417. The van der Waals surface area contributed by atoms with Gasteiger partial charge in [-0.1, -0.05) is 0 Å². The highest BCUT2D eigenvalue weighted by molar-refractivity contribution is 6.27. The average Bonchev–Trinajstić information content (AvgIpc) is 2.40. The van der Waals surface area contributed by atoms with Crippen LogP contribution in [-0.4, -0.2) is 65.3 Å². The summed E-state index contributed by atoms with van der Waals surface area (Å²) in [7, 11) is 0. The normalized spacial score (nSPS) is 33.3. The van der Waals surface area contributed by atoms with Gasteiger partial charge in [-0.3, -0.25) is 14.4 Å². The smallest absolute Gasteiger partial charge is 0.237 e. The monoisotopic (exact) mass is 320 g/mol. The van der Waals surface area contributed by atoms with E-state index in [1.54, 1.807) is 23.6 Å². The van der Waals surface area contributed by atoms with E-state index in [9.17, 15) is 14.4 Å². The molecule has 2 aliphatic heterocycles. The van der Waals surface area contributed by atoms with Crippen LogP contribution in [0.3, 0.4) is 0 Å². The van der Waals surface area contributed by atoms with Crippen LogP contribution in [0.1, 0.15) is 13.8 Å². The van der Waals surface area contributed by atoms with Gasteiger partial charge in [0.05, 0.1) is 10.8 Å². The van der Waals surface area contributed by atoms with Crippen molar-refractivity contribution < 1.29 is 14.4 Å². The van der Waals surface area contributed by atoms with Gasteiger partial charge in [0.2, 0.25) is 11.8 Å². The van der Waals surface area contributed by atoms with Crippen LogP contribution < -0.4 is 0 Å². The Morgan fingerprint density at radius 2 is 1.25 bits per heavy atom. The second kappa shape index (κ2) is 5.19. The minimum Gasteiger partial charge on any atom is -0.340 e. The molecule has 2 saturated heterocycles. The van der Waals surface area contributed by atoms with Crippen molar-refractivity contribution in [2.24, 2.45) is 10.8 Å². The van der Waals surface area contributed by atoms with Gasteiger partial charge in [0.25, 0.3) is 0 Å². The molecule has 0 unspecified atom stereocenters. The SMILES string of the molecule is CC12CN(C(=O)CCl)CC(C)(CN(C(=O)CCl)C1)C2=O. The van der Waals surface area contributed by atoms with E-state index in [0.29, 0.717) is 26.2 Å². The minimum atomic E-state index is -0.741. The first-order valence-electron chi connectivity index (χ1n) is 6.48. The zero-order chi connectivity index (χ0) is 15.1. The van der Waals surface area contributed by atoms with Crippen molar-refractivity contribution in [1.82, 2.24) is 9.80 Å². The van der Waals surface area contributed by atoms with Crippen molar-refractivity contribution in [2.45, 2.75) is 13.8 Å². The topological polar surface area (TPSA) is 57.7 Å². The molecule has 0 aromatic heterocycles. The molecule has 0 radical (unpaired) electrons. The van der Waals surface area contributed by atoms with Crippen LogP contribution in [0.2, 0.25) is 0 Å². The number of piperidine rings is 2. The molecule has 7 heteroatoms. The van der Waals surface area contributed by atoms with Gasteiger partial charge in [0, 0.05) is 26.2 Å². The molecule has 2 amide bonds. The van der Waals surface area contributed by atoms with Gasteiger partial charge < -0.3 is 9.80 Å². The third-order valence-corrected chi connectivity index (χ3v) is 4.65. The molecule has 20 heavy (non-hydrogen) atoms. The first-order valence-corrected chi connectivity index (χ1v) is 7.55. The maximum Gasteiger partial charge on any atom is 0.237 e. The van der Waals surface area contributed by atoms with E-state index in [4.69, 9.17) is 23.2 Å². The molecule has 0 aliphatic carbocycles. The van der Waals surface area contributed by atoms with E-state index < -0.39 is 10.8 Å². The number of carbonyl (C=O) groups excluding carboxylic acids is 3. The van der Waals surface area contributed by atoms with Gasteiger partial charge in [0.15, 0.2) is 5.78 Å². The average molecular weight is 321 g/mol. The molecule has 2 fully saturated rings. The first kappa shape index (κ1) is 15.6. The molecule has 5 nitrogen and oxygen atoms in total. The standard InChI is InChI=1S/C13H18Cl2N2O3/c1-12-5-16(9(18)3-14)7-13(2,11(12)20)8-17(6-12)10(19)4-15/h3-8H2,1-2H3. The second-order valence-electron chi connectivity index (χ2n) is 6.22. The molecule has 0 atom stereocenters. The number of amides is 2. The molecule has 2 bridgehead atoms. The third kappa shape index (κ3) is 2.42. The molecule has 2 rings (SSSR count). The second-order valence-corrected chi connectivity index (χ2v) is 6.75. The van der Waals surface area contributed by atoms with Crippen molar-refractivity contribution in [2.75, 3.05) is 37.9 Å². The Balaban J connectivity index is 2.31. The number of fused-ring (bicyclic) bond motifs is 2. The Morgan fingerprint density at radius 3 is 1.50 bits per heavy atom. The summed E-state index contributed by atoms with van der Waals surface area (Å²) in [5.41, 5.74) is -1.48. The Kier molecular flexibility index (Phi) is 4.04. The van der Waals surface area contributed by atoms with Crippen molar-refractivity contribution in [3.05, 3.63) is 0 Å². The molecule has 2 aliphatic rings. The van der Waals surface area contributed by atoms with Gasteiger partial charge in [-0.05, 0) is 13.8 Å². The molecule has 2 heterocycles. The van der Waals surface area contributed by atoms with Crippen molar-refractivity contribution in [3.8, 4) is 0 Å². The molecule has 0 spiro atoms. The summed E-state index contributed by atoms with van der Waals surface area (Å²) in [6.07, 6.45) is 0. The fourth-order valence-electron chi connectivity index (χ4n) is 3.43. The zero-order valence-corrected chi connectivity index (χ0v) is 13.1. The van der Waals surface area contributed by atoms with Gasteiger partial charge in [-0.2, -0.15) is 0 Å². The number of rotatable bonds is 2. The third-order valence-electron chi connectivity index (χ3n) is 4.19. The fraction of sp³-hybridized carbons (Fsp3) is 0.769. The molecule has 0 N–H and O–H groups in total. The predicted octanol–water partition coefficient (Wildman–Crippen LogP) is 0.730. The van der Waals surface area contributed by atoms with Crippen LogP contribution in [0.5, 0.6) is 0 Å². The van der Waals surface area contributed by atoms with Gasteiger partial charge >= 0.3 is 0 Å². The van der Waals surface area contributed by atoms with Gasteiger partial charge in [-0.25, -0.2) is 0 Å². The molecule has 0 aromatic rings. The van der Waals surface area contributed by atoms with E-state index in [-0.39, 0.29) is 29.4 Å². The van der Waals surface area contributed by atoms with E-state index in [0.717, 1.165) is 0 Å². The van der Waals surface area contributed by atoms with Gasteiger partial charge in [-0.15, -0.1) is 23.2 Å². The number of likely N-dealkylation sites (tertiary alicyclic amines) is 2. The van der Waals surface area contributed by atoms with Crippen molar-refractivity contribution >= 4 is 40.8 Å². The van der Waals surface area contributed by atoms with Crippen LogP contribution in [-0.2, 0) is 14.4 Å². The number of hydrogen-bond donors (Lipinski definition) is 0. The Labute approximate surface area is 128 Å².